The van der Waals surface area contributed by atoms with E-state index in [1.165, 1.54) is 6.07 Å². The van der Waals surface area contributed by atoms with Crippen molar-refractivity contribution < 1.29 is 23.5 Å². The van der Waals surface area contributed by atoms with Crippen LogP contribution < -0.4 is 15.5 Å². The van der Waals surface area contributed by atoms with Gasteiger partial charge in [-0.3, -0.25) is 14.9 Å². The number of carbonyl (C=O) groups excluding carboxylic acids is 3. The summed E-state index contributed by atoms with van der Waals surface area (Å²) in [5.41, 5.74) is 0.416. The van der Waals surface area contributed by atoms with Gasteiger partial charge in [0.2, 0.25) is 11.8 Å². The van der Waals surface area contributed by atoms with Crippen LogP contribution in [0.5, 0.6) is 0 Å². The third-order valence-corrected chi connectivity index (χ3v) is 5.10. The van der Waals surface area contributed by atoms with Crippen LogP contribution in [0.3, 0.4) is 0 Å². The number of hydrogen-bond acceptors (Lipinski definition) is 5. The lowest BCUT2D eigenvalue weighted by Gasteiger charge is -2.48. The van der Waals surface area contributed by atoms with Crippen molar-refractivity contribution in [1.29, 1.82) is 0 Å². The molecule has 1 aromatic carbocycles. The third-order valence-electron chi connectivity index (χ3n) is 5.10. The fourth-order valence-electron chi connectivity index (χ4n) is 3.54. The van der Waals surface area contributed by atoms with Crippen LogP contribution >= 0.6 is 0 Å². The number of rotatable bonds is 3. The molecule has 0 spiro atoms. The number of nitrogens with zero attached hydrogens (tertiary/aromatic N) is 1. The predicted octanol–water partition coefficient (Wildman–Crippen LogP) is 2.45. The molecule has 7 nitrogen and oxygen atoms in total. The minimum Gasteiger partial charge on any atom is -0.444 e. The number of nitrogens with one attached hydrogen (secondary N) is 2. The monoisotopic (exact) mass is 391 g/mol. The van der Waals surface area contributed by atoms with E-state index in [4.69, 9.17) is 4.74 Å². The lowest BCUT2D eigenvalue weighted by Crippen LogP contribution is -2.66. The Kier molecular flexibility index (Phi) is 5.32. The second-order valence-electron chi connectivity index (χ2n) is 8.36. The molecule has 2 saturated heterocycles. The summed E-state index contributed by atoms with van der Waals surface area (Å²) in [6.07, 6.45) is 0.0465. The molecule has 3 amide bonds. The number of carbonyl (C=O) groups is 3. The van der Waals surface area contributed by atoms with Crippen molar-refractivity contribution in [3.05, 3.63) is 29.6 Å². The lowest BCUT2D eigenvalue weighted by molar-refractivity contribution is -0.134. The molecule has 0 aliphatic carbocycles. The van der Waals surface area contributed by atoms with Crippen LogP contribution in [0.4, 0.5) is 14.9 Å². The molecule has 2 aliphatic heterocycles. The van der Waals surface area contributed by atoms with Gasteiger partial charge in [0.15, 0.2) is 0 Å². The van der Waals surface area contributed by atoms with E-state index in [2.05, 4.69) is 10.6 Å². The highest BCUT2D eigenvalue weighted by molar-refractivity contribution is 6.01. The number of piperidine rings is 1. The van der Waals surface area contributed by atoms with Gasteiger partial charge in [-0.25, -0.2) is 9.18 Å². The Hall–Kier alpha value is -2.64. The number of ether oxygens (including phenoxy) is 1. The summed E-state index contributed by atoms with van der Waals surface area (Å²) in [4.78, 5) is 37.1. The molecule has 0 saturated carbocycles. The normalized spacial score (nSPS) is 25.0. The molecule has 3 atom stereocenters. The SMILES string of the molecule is C[C@@H]1[C@@H](NC(=O)OC(C)(C)C)CN1c1ccc(C2CCC(=O)NC2=O)c(F)c1. The van der Waals surface area contributed by atoms with Crippen LogP contribution in [0.25, 0.3) is 0 Å². The topological polar surface area (TPSA) is 87.7 Å². The highest BCUT2D eigenvalue weighted by Crippen LogP contribution is 2.32. The summed E-state index contributed by atoms with van der Waals surface area (Å²) in [5, 5.41) is 5.08. The number of alkyl carbamates (subject to hydrolysis) is 1. The Morgan fingerprint density at radius 1 is 1.32 bits per heavy atom. The molecule has 2 heterocycles. The Labute approximate surface area is 163 Å². The average Bonchev–Trinajstić information content (AvgIpc) is 2.57. The first-order valence-electron chi connectivity index (χ1n) is 9.44. The van der Waals surface area contributed by atoms with Gasteiger partial charge in [0.1, 0.15) is 11.4 Å². The maximum absolute atomic E-state index is 14.7. The smallest absolute Gasteiger partial charge is 0.408 e. The summed E-state index contributed by atoms with van der Waals surface area (Å²) in [5.74, 6) is -1.90. The van der Waals surface area contributed by atoms with E-state index in [1.54, 1.807) is 32.9 Å². The Morgan fingerprint density at radius 2 is 2.04 bits per heavy atom. The zero-order chi connectivity index (χ0) is 20.6. The number of anilines is 1. The number of amides is 3. The number of benzene rings is 1. The molecule has 1 aromatic rings. The standard InChI is InChI=1S/C20H26FN3O4/c1-11-16(22-19(27)28-20(2,3)4)10-24(11)12-5-6-13(15(21)9-12)14-7-8-17(25)23-18(14)26/h5-6,9,11,14,16H,7-8,10H2,1-4H3,(H,22,27)(H,23,25,26)/t11-,14?,16+/m1/s1. The zero-order valence-corrected chi connectivity index (χ0v) is 16.5. The first-order valence-corrected chi connectivity index (χ1v) is 9.44. The Bertz CT molecular complexity index is 805. The van der Waals surface area contributed by atoms with Gasteiger partial charge in [-0.2, -0.15) is 0 Å². The molecule has 0 aromatic heterocycles. The number of halogens is 1. The highest BCUT2D eigenvalue weighted by Gasteiger charge is 2.38. The van der Waals surface area contributed by atoms with E-state index >= 15 is 0 Å². The van der Waals surface area contributed by atoms with Crippen molar-refractivity contribution in [3.8, 4) is 0 Å². The van der Waals surface area contributed by atoms with E-state index in [0.29, 0.717) is 24.2 Å². The molecular formula is C20H26FN3O4. The van der Waals surface area contributed by atoms with E-state index in [-0.39, 0.29) is 24.4 Å². The molecule has 152 valence electrons. The minimum absolute atomic E-state index is 0.0200. The van der Waals surface area contributed by atoms with Gasteiger partial charge in [0.05, 0.1) is 12.0 Å². The van der Waals surface area contributed by atoms with E-state index < -0.39 is 29.3 Å². The lowest BCUT2D eigenvalue weighted by atomic mass is 9.89. The van der Waals surface area contributed by atoms with Crippen LogP contribution in [0.2, 0.25) is 0 Å². The number of hydrogen-bond donors (Lipinski definition) is 2. The van der Waals surface area contributed by atoms with Gasteiger partial charge in [-0.15, -0.1) is 0 Å². The van der Waals surface area contributed by atoms with Crippen molar-refractivity contribution in [2.75, 3.05) is 11.4 Å². The van der Waals surface area contributed by atoms with Gasteiger partial charge < -0.3 is 15.0 Å². The maximum Gasteiger partial charge on any atom is 0.408 e. The van der Waals surface area contributed by atoms with Crippen LogP contribution in [0.15, 0.2) is 18.2 Å². The Balaban J connectivity index is 1.63. The maximum atomic E-state index is 14.7. The van der Waals surface area contributed by atoms with Crippen molar-refractivity contribution >= 4 is 23.6 Å². The fraction of sp³-hybridized carbons (Fsp3) is 0.550. The molecule has 0 radical (unpaired) electrons. The molecule has 8 heteroatoms. The summed E-state index contributed by atoms with van der Waals surface area (Å²) in [6.45, 7) is 7.89. The molecule has 0 bridgehead atoms. The van der Waals surface area contributed by atoms with Crippen molar-refractivity contribution in [2.24, 2.45) is 0 Å². The van der Waals surface area contributed by atoms with Crippen molar-refractivity contribution in [2.45, 2.75) is 64.1 Å². The molecule has 2 aliphatic rings. The van der Waals surface area contributed by atoms with Crippen molar-refractivity contribution in [1.82, 2.24) is 10.6 Å². The second kappa shape index (κ2) is 7.41. The van der Waals surface area contributed by atoms with Gasteiger partial charge in [-0.05, 0) is 46.2 Å². The predicted molar refractivity (Wildman–Crippen MR) is 101 cm³/mol. The summed E-state index contributed by atoms with van der Waals surface area (Å²) in [7, 11) is 0. The van der Waals surface area contributed by atoms with E-state index in [9.17, 15) is 18.8 Å². The van der Waals surface area contributed by atoms with E-state index in [1.807, 2.05) is 11.8 Å². The zero-order valence-electron chi connectivity index (χ0n) is 16.5. The van der Waals surface area contributed by atoms with Crippen LogP contribution in [0, 0.1) is 5.82 Å². The molecule has 28 heavy (non-hydrogen) atoms. The third kappa shape index (κ3) is 4.26. The first-order chi connectivity index (χ1) is 13.0. The minimum atomic E-state index is -0.651. The molecule has 1 unspecified atom stereocenters. The average molecular weight is 391 g/mol. The molecular weight excluding hydrogens is 365 g/mol. The molecule has 2 fully saturated rings. The molecule has 3 rings (SSSR count). The Morgan fingerprint density at radius 3 is 2.61 bits per heavy atom. The summed E-state index contributed by atoms with van der Waals surface area (Å²) >= 11 is 0. The number of imide groups is 1. The van der Waals surface area contributed by atoms with Gasteiger partial charge in [0, 0.05) is 30.3 Å². The fourth-order valence-corrected chi connectivity index (χ4v) is 3.54. The highest BCUT2D eigenvalue weighted by atomic mass is 19.1. The second-order valence-corrected chi connectivity index (χ2v) is 8.36. The van der Waals surface area contributed by atoms with Crippen LogP contribution in [-0.2, 0) is 14.3 Å². The van der Waals surface area contributed by atoms with Crippen molar-refractivity contribution in [3.63, 3.8) is 0 Å². The van der Waals surface area contributed by atoms with Gasteiger partial charge in [-0.1, -0.05) is 6.07 Å². The van der Waals surface area contributed by atoms with Gasteiger partial charge >= 0.3 is 6.09 Å². The van der Waals surface area contributed by atoms with Crippen LogP contribution in [0.1, 0.15) is 52.0 Å². The van der Waals surface area contributed by atoms with E-state index in [0.717, 1.165) is 0 Å². The molecule has 2 N–H and O–H groups in total. The summed E-state index contributed by atoms with van der Waals surface area (Å²) < 4.78 is 19.9. The quantitative estimate of drug-likeness (QED) is 0.773. The van der Waals surface area contributed by atoms with Crippen LogP contribution in [-0.4, -0.2) is 42.1 Å². The largest absolute Gasteiger partial charge is 0.444 e. The first kappa shape index (κ1) is 20.1. The summed E-state index contributed by atoms with van der Waals surface area (Å²) in [6, 6.07) is 4.66. The van der Waals surface area contributed by atoms with Gasteiger partial charge in [0.25, 0.3) is 0 Å².